The molecule has 0 fully saturated rings. The summed E-state index contributed by atoms with van der Waals surface area (Å²) in [5.41, 5.74) is 4.43. The minimum atomic E-state index is -0.0749. The third kappa shape index (κ3) is 5.45. The van der Waals surface area contributed by atoms with Crippen LogP contribution in [0.4, 0.5) is 0 Å². The van der Waals surface area contributed by atoms with Gasteiger partial charge in [-0.05, 0) is 48.9 Å². The number of ether oxygens (including phenoxy) is 1. The second-order valence-corrected chi connectivity index (χ2v) is 9.82. The van der Waals surface area contributed by atoms with Crippen molar-refractivity contribution >= 4 is 23.4 Å². The molecule has 4 aromatic rings. The van der Waals surface area contributed by atoms with Crippen molar-refractivity contribution in [2.75, 3.05) is 13.7 Å². The lowest BCUT2D eigenvalue weighted by atomic mass is 10.1. The van der Waals surface area contributed by atoms with Gasteiger partial charge >= 0.3 is 0 Å². The first-order valence-corrected chi connectivity index (χ1v) is 12.7. The number of halogens is 1. The van der Waals surface area contributed by atoms with Crippen molar-refractivity contribution in [1.82, 2.24) is 19.9 Å². The molecule has 3 heterocycles. The van der Waals surface area contributed by atoms with Crippen molar-refractivity contribution in [1.29, 1.82) is 0 Å². The van der Waals surface area contributed by atoms with Gasteiger partial charge in [-0.3, -0.25) is 9.69 Å². The molecule has 35 heavy (non-hydrogen) atoms. The Morgan fingerprint density at radius 2 is 1.91 bits per heavy atom. The quantitative estimate of drug-likeness (QED) is 0.270. The number of oxazole rings is 1. The van der Waals surface area contributed by atoms with Crippen LogP contribution in [0, 0.1) is 6.92 Å². The van der Waals surface area contributed by atoms with Crippen LogP contribution in [0.2, 0.25) is 5.02 Å². The zero-order valence-corrected chi connectivity index (χ0v) is 21.1. The molecule has 0 amide bonds. The molecule has 0 bridgehead atoms. The number of aromatic amines is 1. The number of hydrogen-bond donors (Lipinski definition) is 1. The molecule has 5 rings (SSSR count). The molecule has 1 aliphatic heterocycles. The van der Waals surface area contributed by atoms with Crippen LogP contribution in [0.15, 0.2) is 62.9 Å². The van der Waals surface area contributed by atoms with Gasteiger partial charge in [-0.1, -0.05) is 35.5 Å². The summed E-state index contributed by atoms with van der Waals surface area (Å²) in [6.45, 7) is 4.10. The van der Waals surface area contributed by atoms with E-state index in [4.69, 9.17) is 25.7 Å². The molecular weight excluding hydrogens is 484 g/mol. The lowest BCUT2D eigenvalue weighted by Crippen LogP contribution is -2.35. The van der Waals surface area contributed by atoms with Crippen LogP contribution in [-0.2, 0) is 25.3 Å². The highest BCUT2D eigenvalue weighted by Gasteiger charge is 2.22. The number of aromatic nitrogens is 3. The number of H-pyrrole nitrogens is 1. The summed E-state index contributed by atoms with van der Waals surface area (Å²) in [7, 11) is 1.64. The van der Waals surface area contributed by atoms with E-state index in [-0.39, 0.29) is 5.56 Å². The van der Waals surface area contributed by atoms with Gasteiger partial charge in [-0.2, -0.15) is 0 Å². The van der Waals surface area contributed by atoms with E-state index in [1.165, 1.54) is 17.3 Å². The molecule has 0 atom stereocenters. The van der Waals surface area contributed by atoms with Crippen LogP contribution >= 0.6 is 23.4 Å². The van der Waals surface area contributed by atoms with Crippen molar-refractivity contribution in [2.45, 2.75) is 37.3 Å². The number of rotatable bonds is 7. The molecular formula is C26H25ClN4O3S. The number of nitrogens with zero attached hydrogens (tertiary/aromatic N) is 3. The molecule has 2 aromatic heterocycles. The first-order valence-electron chi connectivity index (χ1n) is 11.3. The second kappa shape index (κ2) is 10.3. The summed E-state index contributed by atoms with van der Waals surface area (Å²) in [4.78, 5) is 27.5. The van der Waals surface area contributed by atoms with Crippen molar-refractivity contribution in [3.8, 4) is 17.2 Å². The van der Waals surface area contributed by atoms with E-state index in [0.717, 1.165) is 58.6 Å². The zero-order chi connectivity index (χ0) is 24.4. The SMILES string of the molecule is COc1ccc(-c2nc(CSc3nc4c(c(=O)[nH]3)CN(Cc3ccc(Cl)cc3)CC4)c(C)o2)cc1. The van der Waals surface area contributed by atoms with Crippen LogP contribution < -0.4 is 10.3 Å². The third-order valence-corrected chi connectivity index (χ3v) is 7.16. The zero-order valence-electron chi connectivity index (χ0n) is 19.5. The van der Waals surface area contributed by atoms with Gasteiger partial charge in [0.25, 0.3) is 5.56 Å². The average Bonchev–Trinajstić information content (AvgIpc) is 3.25. The van der Waals surface area contributed by atoms with Crippen molar-refractivity contribution < 1.29 is 9.15 Å². The number of thioether (sulfide) groups is 1. The minimum Gasteiger partial charge on any atom is -0.497 e. The first kappa shape index (κ1) is 23.7. The van der Waals surface area contributed by atoms with E-state index < -0.39 is 0 Å². The van der Waals surface area contributed by atoms with Gasteiger partial charge in [0.2, 0.25) is 5.89 Å². The lowest BCUT2D eigenvalue weighted by Gasteiger charge is -2.27. The van der Waals surface area contributed by atoms with Crippen molar-refractivity contribution in [3.63, 3.8) is 0 Å². The molecule has 1 aliphatic rings. The van der Waals surface area contributed by atoms with Crippen LogP contribution in [0.1, 0.15) is 28.3 Å². The van der Waals surface area contributed by atoms with Crippen LogP contribution in [-0.4, -0.2) is 33.5 Å². The van der Waals surface area contributed by atoms with Crippen LogP contribution in [0.5, 0.6) is 5.75 Å². The highest BCUT2D eigenvalue weighted by Crippen LogP contribution is 2.28. The Bertz CT molecular complexity index is 1380. The Morgan fingerprint density at radius 3 is 2.66 bits per heavy atom. The Morgan fingerprint density at radius 1 is 1.14 bits per heavy atom. The predicted molar refractivity (Wildman–Crippen MR) is 137 cm³/mol. The van der Waals surface area contributed by atoms with Gasteiger partial charge in [0.15, 0.2) is 5.16 Å². The normalized spacial score (nSPS) is 13.6. The maximum absolute atomic E-state index is 12.8. The molecule has 0 unspecified atom stereocenters. The fourth-order valence-electron chi connectivity index (χ4n) is 4.07. The van der Waals surface area contributed by atoms with Crippen molar-refractivity contribution in [3.05, 3.63) is 92.2 Å². The molecule has 1 N–H and O–H groups in total. The van der Waals surface area contributed by atoms with E-state index in [0.29, 0.717) is 23.3 Å². The van der Waals surface area contributed by atoms with Crippen LogP contribution in [0.25, 0.3) is 11.5 Å². The van der Waals surface area contributed by atoms with E-state index in [1.54, 1.807) is 7.11 Å². The standard InChI is InChI=1S/C26H25ClN4O3S/c1-16-23(28-25(34-16)18-5-9-20(33-2)10-6-18)15-35-26-29-22-11-12-31(14-21(22)24(32)30-26)13-17-3-7-19(27)8-4-17/h3-10H,11-15H2,1-2H3,(H,29,30,32). The van der Waals surface area contributed by atoms with E-state index >= 15 is 0 Å². The van der Waals surface area contributed by atoms with E-state index in [1.807, 2.05) is 55.5 Å². The summed E-state index contributed by atoms with van der Waals surface area (Å²) < 4.78 is 11.1. The minimum absolute atomic E-state index is 0.0749. The lowest BCUT2D eigenvalue weighted by molar-refractivity contribution is 0.241. The second-order valence-electron chi connectivity index (χ2n) is 8.42. The Kier molecular flexibility index (Phi) is 6.95. The highest BCUT2D eigenvalue weighted by molar-refractivity contribution is 7.98. The summed E-state index contributed by atoms with van der Waals surface area (Å²) in [5, 5.41) is 1.33. The highest BCUT2D eigenvalue weighted by atomic mass is 35.5. The van der Waals surface area contributed by atoms with Gasteiger partial charge in [0, 0.05) is 42.4 Å². The number of nitrogens with one attached hydrogen (secondary N) is 1. The Hall–Kier alpha value is -3.07. The summed E-state index contributed by atoms with van der Waals surface area (Å²) in [6.07, 6.45) is 0.741. The molecule has 0 spiro atoms. The maximum Gasteiger partial charge on any atom is 0.256 e. The van der Waals surface area contributed by atoms with Gasteiger partial charge < -0.3 is 14.1 Å². The molecule has 0 aliphatic carbocycles. The number of hydrogen-bond acceptors (Lipinski definition) is 7. The Balaban J connectivity index is 1.25. The van der Waals surface area contributed by atoms with Gasteiger partial charge in [-0.15, -0.1) is 0 Å². The van der Waals surface area contributed by atoms with Gasteiger partial charge in [0.1, 0.15) is 11.5 Å². The largest absolute Gasteiger partial charge is 0.497 e. The van der Waals surface area contributed by atoms with Crippen molar-refractivity contribution in [2.24, 2.45) is 0 Å². The maximum atomic E-state index is 12.8. The molecule has 180 valence electrons. The van der Waals surface area contributed by atoms with Gasteiger partial charge in [-0.25, -0.2) is 9.97 Å². The molecule has 7 nitrogen and oxygen atoms in total. The van der Waals surface area contributed by atoms with E-state index in [9.17, 15) is 4.79 Å². The molecule has 0 radical (unpaired) electrons. The number of benzene rings is 2. The molecule has 2 aromatic carbocycles. The summed E-state index contributed by atoms with van der Waals surface area (Å²) in [6, 6.07) is 15.4. The smallest absolute Gasteiger partial charge is 0.256 e. The molecule has 0 saturated carbocycles. The van der Waals surface area contributed by atoms with Gasteiger partial charge in [0.05, 0.1) is 24.1 Å². The third-order valence-electron chi connectivity index (χ3n) is 6.02. The monoisotopic (exact) mass is 508 g/mol. The Labute approximate surface area is 212 Å². The molecule has 9 heteroatoms. The average molecular weight is 509 g/mol. The molecule has 0 saturated heterocycles. The first-order chi connectivity index (χ1) is 17.0. The summed E-state index contributed by atoms with van der Waals surface area (Å²) >= 11 is 7.45. The topological polar surface area (TPSA) is 84.2 Å². The van der Waals surface area contributed by atoms with E-state index in [2.05, 4.69) is 14.9 Å². The summed E-state index contributed by atoms with van der Waals surface area (Å²) in [5.74, 6) is 2.65. The number of methoxy groups -OCH3 is 1. The number of fused-ring (bicyclic) bond motifs is 1. The fourth-order valence-corrected chi connectivity index (χ4v) is 5.07. The predicted octanol–water partition coefficient (Wildman–Crippen LogP) is 5.25. The number of aryl methyl sites for hydroxylation is 1. The van der Waals surface area contributed by atoms with Crippen LogP contribution in [0.3, 0.4) is 0 Å². The fraction of sp³-hybridized carbons (Fsp3) is 0.269.